The van der Waals surface area contributed by atoms with Gasteiger partial charge < -0.3 is 15.4 Å². The third-order valence-electron chi connectivity index (χ3n) is 3.74. The number of benzene rings is 1. The molecule has 1 aromatic carbocycles. The summed E-state index contributed by atoms with van der Waals surface area (Å²) < 4.78 is 1.35. The van der Waals surface area contributed by atoms with E-state index in [9.17, 15) is 14.4 Å². The highest BCUT2D eigenvalue weighted by molar-refractivity contribution is 7.13. The molecule has 25 heavy (non-hydrogen) atoms. The molecule has 0 saturated heterocycles. The number of nitrogens with zero attached hydrogens (tertiary/aromatic N) is 2. The van der Waals surface area contributed by atoms with Gasteiger partial charge >= 0.3 is 11.7 Å². The normalized spacial score (nSPS) is 12.2. The number of hydrogen-bond acceptors (Lipinski definition) is 5. The first-order valence-electron chi connectivity index (χ1n) is 7.54. The summed E-state index contributed by atoms with van der Waals surface area (Å²) in [6.45, 7) is 3.20. The number of aromatic nitrogens is 3. The number of aromatic carboxylic acids is 1. The molecule has 9 heteroatoms. The summed E-state index contributed by atoms with van der Waals surface area (Å²) in [7, 11) is 0. The Kier molecular flexibility index (Phi) is 4.41. The van der Waals surface area contributed by atoms with Crippen LogP contribution in [-0.4, -0.2) is 31.5 Å². The van der Waals surface area contributed by atoms with E-state index >= 15 is 0 Å². The van der Waals surface area contributed by atoms with Crippen LogP contribution in [0, 0.1) is 6.92 Å². The van der Waals surface area contributed by atoms with E-state index in [1.165, 1.54) is 4.57 Å². The number of amides is 1. The minimum Gasteiger partial charge on any atom is -0.477 e. The summed E-state index contributed by atoms with van der Waals surface area (Å²) >= 11 is 1.03. The number of carboxylic acids is 1. The second kappa shape index (κ2) is 6.52. The first kappa shape index (κ1) is 16.9. The first-order valence-corrected chi connectivity index (χ1v) is 8.36. The Labute approximate surface area is 146 Å². The summed E-state index contributed by atoms with van der Waals surface area (Å²) in [6.07, 6.45) is 0. The molecule has 0 radical (unpaired) electrons. The lowest BCUT2D eigenvalue weighted by Crippen LogP contribution is -2.33. The van der Waals surface area contributed by atoms with Crippen molar-refractivity contribution in [2.24, 2.45) is 0 Å². The third-order valence-corrected chi connectivity index (χ3v) is 5.07. The Morgan fingerprint density at radius 3 is 2.80 bits per heavy atom. The lowest BCUT2D eigenvalue weighted by atomic mass is 10.3. The van der Waals surface area contributed by atoms with Crippen molar-refractivity contribution in [3.05, 3.63) is 50.3 Å². The maximum atomic E-state index is 12.3. The Balaban J connectivity index is 1.76. The van der Waals surface area contributed by atoms with Crippen molar-refractivity contribution in [1.29, 1.82) is 0 Å². The molecular weight excluding hydrogens is 344 g/mol. The molecule has 0 aliphatic carbocycles. The predicted octanol–water partition coefficient (Wildman–Crippen LogP) is 1.67. The lowest BCUT2D eigenvalue weighted by molar-refractivity contribution is -0.122. The molecule has 1 amide bonds. The molecule has 8 nitrogen and oxygen atoms in total. The van der Waals surface area contributed by atoms with Gasteiger partial charge in [-0.05, 0) is 26.0 Å². The zero-order valence-corrected chi connectivity index (χ0v) is 14.4. The van der Waals surface area contributed by atoms with Gasteiger partial charge in [0.1, 0.15) is 16.4 Å². The van der Waals surface area contributed by atoms with Crippen molar-refractivity contribution in [2.45, 2.75) is 26.4 Å². The molecule has 0 saturated carbocycles. The van der Waals surface area contributed by atoms with Crippen molar-refractivity contribution in [2.75, 3.05) is 0 Å². The standard InChI is InChI=1S/C16H16N4O4S/c1-8-13(15(22)23)25-14(18-8)9(2)17-12(21)7-20-11-6-4-3-5-10(11)19-16(20)24/h3-6,9H,7H2,1-2H3,(H,17,21)(H,19,24)(H,22,23). The van der Waals surface area contributed by atoms with Gasteiger partial charge in [0.05, 0.1) is 22.8 Å². The molecule has 0 bridgehead atoms. The molecule has 0 fully saturated rings. The molecule has 3 N–H and O–H groups in total. The number of hydrogen-bond donors (Lipinski definition) is 3. The lowest BCUT2D eigenvalue weighted by Gasteiger charge is -2.11. The summed E-state index contributed by atoms with van der Waals surface area (Å²) in [6, 6.07) is 6.66. The van der Waals surface area contributed by atoms with E-state index in [-0.39, 0.29) is 23.0 Å². The van der Waals surface area contributed by atoms with Crippen LogP contribution in [0.2, 0.25) is 0 Å². The van der Waals surface area contributed by atoms with Gasteiger partial charge in [0.25, 0.3) is 0 Å². The van der Waals surface area contributed by atoms with E-state index in [1.54, 1.807) is 38.1 Å². The Hall–Kier alpha value is -2.94. The van der Waals surface area contributed by atoms with Gasteiger partial charge in [-0.15, -0.1) is 11.3 Å². The van der Waals surface area contributed by atoms with Gasteiger partial charge in [-0.1, -0.05) is 12.1 Å². The number of carbonyl (C=O) groups is 2. The predicted molar refractivity (Wildman–Crippen MR) is 92.9 cm³/mol. The number of thiazole rings is 1. The molecule has 0 spiro atoms. The summed E-state index contributed by atoms with van der Waals surface area (Å²) in [5.74, 6) is -1.39. The highest BCUT2D eigenvalue weighted by Crippen LogP contribution is 2.23. The highest BCUT2D eigenvalue weighted by Gasteiger charge is 2.20. The van der Waals surface area contributed by atoms with Gasteiger partial charge in [0.15, 0.2) is 0 Å². The molecule has 2 aromatic heterocycles. The fourth-order valence-corrected chi connectivity index (χ4v) is 3.47. The zero-order chi connectivity index (χ0) is 18.1. The Morgan fingerprint density at radius 1 is 1.40 bits per heavy atom. The van der Waals surface area contributed by atoms with E-state index in [0.717, 1.165) is 11.3 Å². The van der Waals surface area contributed by atoms with Crippen LogP contribution in [-0.2, 0) is 11.3 Å². The maximum absolute atomic E-state index is 12.3. The first-order chi connectivity index (χ1) is 11.9. The van der Waals surface area contributed by atoms with Crippen LogP contribution in [0.3, 0.4) is 0 Å². The van der Waals surface area contributed by atoms with Crippen LogP contribution in [0.5, 0.6) is 0 Å². The smallest absolute Gasteiger partial charge is 0.347 e. The second-order valence-corrected chi connectivity index (χ2v) is 6.63. The van der Waals surface area contributed by atoms with Crippen molar-refractivity contribution in [3.63, 3.8) is 0 Å². The van der Waals surface area contributed by atoms with Crippen LogP contribution in [0.25, 0.3) is 11.0 Å². The summed E-state index contributed by atoms with van der Waals surface area (Å²) in [4.78, 5) is 42.4. The van der Waals surface area contributed by atoms with Crippen LogP contribution in [0.4, 0.5) is 0 Å². The molecule has 130 valence electrons. The van der Waals surface area contributed by atoms with Crippen molar-refractivity contribution in [1.82, 2.24) is 19.9 Å². The van der Waals surface area contributed by atoms with Crippen LogP contribution in [0.15, 0.2) is 29.1 Å². The van der Waals surface area contributed by atoms with Crippen LogP contribution in [0.1, 0.15) is 33.3 Å². The molecule has 3 aromatic rings. The van der Waals surface area contributed by atoms with E-state index in [1.807, 2.05) is 0 Å². The van der Waals surface area contributed by atoms with Gasteiger partial charge in [0, 0.05) is 0 Å². The van der Waals surface area contributed by atoms with Gasteiger partial charge in [-0.2, -0.15) is 0 Å². The Bertz CT molecular complexity index is 1020. The molecule has 1 unspecified atom stereocenters. The maximum Gasteiger partial charge on any atom is 0.347 e. The number of H-pyrrole nitrogens is 1. The average Bonchev–Trinajstić information content (AvgIpc) is 3.08. The number of rotatable bonds is 5. The molecule has 3 rings (SSSR count). The van der Waals surface area contributed by atoms with E-state index in [0.29, 0.717) is 21.7 Å². The topological polar surface area (TPSA) is 117 Å². The molecule has 2 heterocycles. The van der Waals surface area contributed by atoms with E-state index < -0.39 is 12.0 Å². The number of imidazole rings is 1. The fraction of sp³-hybridized carbons (Fsp3) is 0.250. The summed E-state index contributed by atoms with van der Waals surface area (Å²) in [5, 5.41) is 12.3. The van der Waals surface area contributed by atoms with Gasteiger partial charge in [-0.3, -0.25) is 9.36 Å². The third kappa shape index (κ3) is 3.31. The summed E-state index contributed by atoms with van der Waals surface area (Å²) in [5.41, 5.74) is 1.37. The minimum absolute atomic E-state index is 0.136. The van der Waals surface area contributed by atoms with Crippen LogP contribution < -0.4 is 11.0 Å². The van der Waals surface area contributed by atoms with E-state index in [2.05, 4.69) is 15.3 Å². The highest BCUT2D eigenvalue weighted by atomic mass is 32.1. The molecular formula is C16H16N4O4S. The number of carbonyl (C=O) groups excluding carboxylic acids is 1. The van der Waals surface area contributed by atoms with E-state index in [4.69, 9.17) is 5.11 Å². The van der Waals surface area contributed by atoms with Crippen molar-refractivity contribution in [3.8, 4) is 0 Å². The quantitative estimate of drug-likeness (QED) is 0.640. The second-order valence-electron chi connectivity index (χ2n) is 5.59. The SMILES string of the molecule is Cc1nc(C(C)NC(=O)Cn2c(=O)[nH]c3ccccc32)sc1C(=O)O. The number of para-hydroxylation sites is 2. The Morgan fingerprint density at radius 2 is 2.12 bits per heavy atom. The van der Waals surface area contributed by atoms with Crippen LogP contribution >= 0.6 is 11.3 Å². The number of fused-ring (bicyclic) bond motifs is 1. The largest absolute Gasteiger partial charge is 0.477 e. The number of aryl methyl sites for hydroxylation is 1. The van der Waals surface area contributed by atoms with Gasteiger partial charge in [0.2, 0.25) is 5.91 Å². The van der Waals surface area contributed by atoms with Crippen molar-refractivity contribution >= 4 is 34.2 Å². The average molecular weight is 360 g/mol. The zero-order valence-electron chi connectivity index (χ0n) is 13.6. The number of nitrogens with one attached hydrogen (secondary N) is 2. The minimum atomic E-state index is -1.04. The fourth-order valence-electron chi connectivity index (χ4n) is 2.56. The number of carboxylic acid groups (broad SMARTS) is 1. The van der Waals surface area contributed by atoms with Gasteiger partial charge in [-0.25, -0.2) is 14.6 Å². The molecule has 0 aliphatic rings. The van der Waals surface area contributed by atoms with Crippen molar-refractivity contribution < 1.29 is 14.7 Å². The molecule has 0 aliphatic heterocycles. The number of aromatic amines is 1. The molecule has 1 atom stereocenters. The monoisotopic (exact) mass is 360 g/mol.